The van der Waals surface area contributed by atoms with Crippen molar-refractivity contribution in [2.24, 2.45) is 0 Å². The molecule has 1 heterocycles. The Bertz CT molecular complexity index is 950. The SMILES string of the molecule is Cc1cccc(C(c2ccc3ccccc3c2)N2CCCC2C(=O)O)c1. The van der Waals surface area contributed by atoms with E-state index in [1.165, 1.54) is 16.3 Å². The van der Waals surface area contributed by atoms with E-state index in [1.54, 1.807) is 0 Å². The van der Waals surface area contributed by atoms with E-state index in [-0.39, 0.29) is 6.04 Å². The van der Waals surface area contributed by atoms with Gasteiger partial charge in [-0.05, 0) is 47.7 Å². The first kappa shape index (κ1) is 16.8. The second kappa shape index (κ2) is 6.93. The van der Waals surface area contributed by atoms with Crippen LogP contribution in [0.2, 0.25) is 0 Å². The molecule has 0 aromatic heterocycles. The Morgan fingerprint density at radius 2 is 1.77 bits per heavy atom. The van der Waals surface area contributed by atoms with E-state index in [0.29, 0.717) is 6.42 Å². The highest BCUT2D eigenvalue weighted by molar-refractivity contribution is 5.83. The minimum Gasteiger partial charge on any atom is -0.480 e. The maximum absolute atomic E-state index is 11.8. The van der Waals surface area contributed by atoms with Crippen LogP contribution in [0.25, 0.3) is 10.8 Å². The summed E-state index contributed by atoms with van der Waals surface area (Å²) >= 11 is 0. The number of likely N-dealkylation sites (tertiary alicyclic amines) is 1. The number of aryl methyl sites for hydroxylation is 1. The second-order valence-corrected chi connectivity index (χ2v) is 7.16. The summed E-state index contributed by atoms with van der Waals surface area (Å²) in [7, 11) is 0. The van der Waals surface area contributed by atoms with Crippen molar-refractivity contribution in [2.75, 3.05) is 6.54 Å². The number of carbonyl (C=O) groups is 1. The molecule has 1 aliphatic heterocycles. The first-order chi connectivity index (χ1) is 12.6. The molecule has 1 saturated heterocycles. The molecule has 0 radical (unpaired) electrons. The lowest BCUT2D eigenvalue weighted by molar-refractivity contribution is -0.142. The van der Waals surface area contributed by atoms with Gasteiger partial charge in [-0.2, -0.15) is 0 Å². The van der Waals surface area contributed by atoms with Gasteiger partial charge in [-0.3, -0.25) is 9.69 Å². The third-order valence-electron chi connectivity index (χ3n) is 5.36. The molecular weight excluding hydrogens is 322 g/mol. The van der Waals surface area contributed by atoms with Crippen LogP contribution in [0.15, 0.2) is 66.7 Å². The van der Waals surface area contributed by atoms with Gasteiger partial charge in [0.15, 0.2) is 0 Å². The minimum atomic E-state index is -0.721. The van der Waals surface area contributed by atoms with Crippen molar-refractivity contribution in [3.8, 4) is 0 Å². The van der Waals surface area contributed by atoms with Crippen molar-refractivity contribution in [2.45, 2.75) is 31.8 Å². The van der Waals surface area contributed by atoms with Crippen LogP contribution in [0.3, 0.4) is 0 Å². The zero-order valence-electron chi connectivity index (χ0n) is 14.9. The van der Waals surface area contributed by atoms with E-state index >= 15 is 0 Å². The number of carboxylic acids is 1. The number of fused-ring (bicyclic) bond motifs is 1. The molecule has 0 spiro atoms. The fraction of sp³-hybridized carbons (Fsp3) is 0.261. The van der Waals surface area contributed by atoms with E-state index in [4.69, 9.17) is 0 Å². The Balaban J connectivity index is 1.85. The molecule has 0 amide bonds. The average molecular weight is 345 g/mol. The highest BCUT2D eigenvalue weighted by Crippen LogP contribution is 2.36. The molecule has 1 fully saturated rings. The number of hydrogen-bond acceptors (Lipinski definition) is 2. The van der Waals surface area contributed by atoms with E-state index < -0.39 is 12.0 Å². The fourth-order valence-corrected chi connectivity index (χ4v) is 4.16. The molecule has 3 aromatic rings. The first-order valence-electron chi connectivity index (χ1n) is 9.17. The molecule has 3 aromatic carbocycles. The number of nitrogens with zero attached hydrogens (tertiary/aromatic N) is 1. The normalized spacial score (nSPS) is 18.9. The van der Waals surface area contributed by atoms with Gasteiger partial charge < -0.3 is 5.11 Å². The topological polar surface area (TPSA) is 40.5 Å². The highest BCUT2D eigenvalue weighted by atomic mass is 16.4. The van der Waals surface area contributed by atoms with Crippen LogP contribution in [0.4, 0.5) is 0 Å². The standard InChI is InChI=1S/C23H23NO2/c1-16-6-4-9-19(14-16)22(24-13-5-10-21(24)23(25)26)20-12-11-17-7-2-3-8-18(17)15-20/h2-4,6-9,11-12,14-15,21-22H,5,10,13H2,1H3,(H,25,26). The van der Waals surface area contributed by atoms with Crippen LogP contribution in [0.1, 0.15) is 35.6 Å². The van der Waals surface area contributed by atoms with Crippen LogP contribution in [0.5, 0.6) is 0 Å². The van der Waals surface area contributed by atoms with Gasteiger partial charge in [-0.15, -0.1) is 0 Å². The molecule has 26 heavy (non-hydrogen) atoms. The fourth-order valence-electron chi connectivity index (χ4n) is 4.16. The van der Waals surface area contributed by atoms with E-state index in [0.717, 1.165) is 24.1 Å². The molecule has 3 nitrogen and oxygen atoms in total. The summed E-state index contributed by atoms with van der Waals surface area (Å²) in [5, 5.41) is 12.1. The monoisotopic (exact) mass is 345 g/mol. The molecule has 132 valence electrons. The van der Waals surface area contributed by atoms with E-state index in [2.05, 4.69) is 66.4 Å². The average Bonchev–Trinajstić information content (AvgIpc) is 3.11. The molecule has 0 bridgehead atoms. The van der Waals surface area contributed by atoms with Crippen molar-refractivity contribution in [1.29, 1.82) is 0 Å². The first-order valence-corrected chi connectivity index (χ1v) is 9.17. The summed E-state index contributed by atoms with van der Waals surface area (Å²) < 4.78 is 0. The molecule has 1 aliphatic rings. The van der Waals surface area contributed by atoms with Crippen LogP contribution in [0, 0.1) is 6.92 Å². The summed E-state index contributed by atoms with van der Waals surface area (Å²) in [6.45, 7) is 2.89. The van der Waals surface area contributed by atoms with Gasteiger partial charge in [-0.1, -0.05) is 66.2 Å². The lowest BCUT2D eigenvalue weighted by Crippen LogP contribution is -2.39. The predicted octanol–water partition coefficient (Wildman–Crippen LogP) is 4.79. The minimum absolute atomic E-state index is 0.0388. The largest absolute Gasteiger partial charge is 0.480 e. The van der Waals surface area contributed by atoms with Crippen LogP contribution in [-0.4, -0.2) is 28.6 Å². The molecule has 2 unspecified atom stereocenters. The lowest BCUT2D eigenvalue weighted by Gasteiger charge is -2.32. The number of rotatable bonds is 4. The van der Waals surface area contributed by atoms with Gasteiger partial charge in [0.25, 0.3) is 0 Å². The van der Waals surface area contributed by atoms with E-state index in [9.17, 15) is 9.90 Å². The quantitative estimate of drug-likeness (QED) is 0.739. The lowest BCUT2D eigenvalue weighted by atomic mass is 9.93. The van der Waals surface area contributed by atoms with Crippen molar-refractivity contribution in [1.82, 2.24) is 4.90 Å². The summed E-state index contributed by atoms with van der Waals surface area (Å²) in [4.78, 5) is 14.0. The molecule has 4 rings (SSSR count). The Hall–Kier alpha value is -2.65. The maximum atomic E-state index is 11.8. The molecule has 1 N–H and O–H groups in total. The predicted molar refractivity (Wildman–Crippen MR) is 104 cm³/mol. The van der Waals surface area contributed by atoms with Crippen molar-refractivity contribution in [3.05, 3.63) is 83.4 Å². The number of carboxylic acid groups (broad SMARTS) is 1. The number of benzene rings is 3. The zero-order chi connectivity index (χ0) is 18.1. The summed E-state index contributed by atoms with van der Waals surface area (Å²) in [5.74, 6) is -0.721. The molecule has 0 saturated carbocycles. The zero-order valence-corrected chi connectivity index (χ0v) is 14.9. The Labute approximate surface area is 153 Å². The summed E-state index contributed by atoms with van der Waals surface area (Å²) in [5.41, 5.74) is 3.51. The van der Waals surface area contributed by atoms with Gasteiger partial charge in [0.1, 0.15) is 6.04 Å². The number of hydrogen-bond donors (Lipinski definition) is 1. The Morgan fingerprint density at radius 1 is 1.00 bits per heavy atom. The van der Waals surface area contributed by atoms with Crippen molar-refractivity contribution < 1.29 is 9.90 Å². The third-order valence-corrected chi connectivity index (χ3v) is 5.36. The molecule has 0 aliphatic carbocycles. The second-order valence-electron chi connectivity index (χ2n) is 7.16. The summed E-state index contributed by atoms with van der Waals surface area (Å²) in [6, 6.07) is 22.8. The van der Waals surface area contributed by atoms with Crippen molar-refractivity contribution >= 4 is 16.7 Å². The molecule has 3 heteroatoms. The summed E-state index contributed by atoms with van der Waals surface area (Å²) in [6.07, 6.45) is 1.64. The number of aliphatic carboxylic acids is 1. The maximum Gasteiger partial charge on any atom is 0.320 e. The smallest absolute Gasteiger partial charge is 0.320 e. The van der Waals surface area contributed by atoms with Crippen LogP contribution in [-0.2, 0) is 4.79 Å². The third kappa shape index (κ3) is 3.11. The molecule has 2 atom stereocenters. The van der Waals surface area contributed by atoms with Gasteiger partial charge >= 0.3 is 5.97 Å². The highest BCUT2D eigenvalue weighted by Gasteiger charge is 2.36. The van der Waals surface area contributed by atoms with Gasteiger partial charge in [0.05, 0.1) is 6.04 Å². The van der Waals surface area contributed by atoms with E-state index in [1.807, 2.05) is 12.1 Å². The van der Waals surface area contributed by atoms with Gasteiger partial charge in [0, 0.05) is 6.54 Å². The van der Waals surface area contributed by atoms with Crippen molar-refractivity contribution in [3.63, 3.8) is 0 Å². The van der Waals surface area contributed by atoms with Crippen LogP contribution >= 0.6 is 0 Å². The Kier molecular flexibility index (Phi) is 4.48. The van der Waals surface area contributed by atoms with Gasteiger partial charge in [-0.25, -0.2) is 0 Å². The Morgan fingerprint density at radius 3 is 2.54 bits per heavy atom. The van der Waals surface area contributed by atoms with Gasteiger partial charge in [0.2, 0.25) is 0 Å². The van der Waals surface area contributed by atoms with Crippen LogP contribution < -0.4 is 0 Å². The molecular formula is C23H23NO2.